The van der Waals surface area contributed by atoms with Gasteiger partial charge in [-0.1, -0.05) is 33.6 Å². The van der Waals surface area contributed by atoms with E-state index in [9.17, 15) is 4.79 Å². The van der Waals surface area contributed by atoms with E-state index in [1.54, 1.807) is 18.2 Å². The van der Waals surface area contributed by atoms with Gasteiger partial charge in [-0.05, 0) is 53.2 Å². The lowest BCUT2D eigenvalue weighted by Crippen LogP contribution is -2.23. The van der Waals surface area contributed by atoms with E-state index >= 15 is 0 Å². The molecule has 0 N–H and O–H groups in total. The van der Waals surface area contributed by atoms with Crippen molar-refractivity contribution in [1.29, 1.82) is 0 Å². The van der Waals surface area contributed by atoms with E-state index < -0.39 is 0 Å². The van der Waals surface area contributed by atoms with Gasteiger partial charge in [-0.3, -0.25) is 0 Å². The average molecular weight is 410 g/mol. The van der Waals surface area contributed by atoms with Crippen LogP contribution in [0.25, 0.3) is 5.69 Å². The molecule has 0 atom stereocenters. The van der Waals surface area contributed by atoms with Crippen molar-refractivity contribution < 1.29 is 4.74 Å². The van der Waals surface area contributed by atoms with Gasteiger partial charge in [0.05, 0.1) is 5.69 Å². The van der Waals surface area contributed by atoms with Crippen molar-refractivity contribution in [2.75, 3.05) is 0 Å². The number of tetrazole rings is 1. The lowest BCUT2D eigenvalue weighted by molar-refractivity contribution is 0.303. The fraction of sp³-hybridized carbons (Fsp3) is 0.188. The summed E-state index contributed by atoms with van der Waals surface area (Å²) in [4.78, 5) is 12.1. The quantitative estimate of drug-likeness (QED) is 0.663. The van der Waals surface area contributed by atoms with E-state index in [2.05, 4.69) is 26.4 Å². The van der Waals surface area contributed by atoms with Gasteiger partial charge in [-0.2, -0.15) is 9.36 Å². The smallest absolute Gasteiger partial charge is 0.368 e. The SMILES string of the molecule is Cc1cc(Br)ccc1OCc1c(Cl)cccc1-n1nnn(C)c1=O. The van der Waals surface area contributed by atoms with Crippen LogP contribution in [0, 0.1) is 6.92 Å². The van der Waals surface area contributed by atoms with Crippen LogP contribution in [0.4, 0.5) is 0 Å². The molecule has 0 radical (unpaired) electrons. The van der Waals surface area contributed by atoms with Crippen LogP contribution < -0.4 is 10.4 Å². The Balaban J connectivity index is 1.96. The second kappa shape index (κ2) is 6.78. The number of hydrogen-bond donors (Lipinski definition) is 0. The van der Waals surface area contributed by atoms with Crippen molar-refractivity contribution in [2.24, 2.45) is 7.05 Å². The molecule has 0 aliphatic carbocycles. The molecule has 0 unspecified atom stereocenters. The maximum Gasteiger partial charge on any atom is 0.368 e. The van der Waals surface area contributed by atoms with Crippen molar-refractivity contribution in [2.45, 2.75) is 13.5 Å². The van der Waals surface area contributed by atoms with Crippen LogP contribution in [-0.4, -0.2) is 19.8 Å². The molecule has 1 heterocycles. The van der Waals surface area contributed by atoms with Gasteiger partial charge >= 0.3 is 5.69 Å². The Bertz CT molecular complexity index is 951. The van der Waals surface area contributed by atoms with E-state index in [-0.39, 0.29) is 12.3 Å². The van der Waals surface area contributed by atoms with E-state index in [0.717, 1.165) is 20.5 Å². The van der Waals surface area contributed by atoms with Gasteiger partial charge in [-0.25, -0.2) is 4.79 Å². The Morgan fingerprint density at radius 1 is 1.25 bits per heavy atom. The van der Waals surface area contributed by atoms with Crippen molar-refractivity contribution in [3.8, 4) is 11.4 Å². The van der Waals surface area contributed by atoms with Crippen molar-refractivity contribution in [3.63, 3.8) is 0 Å². The second-order valence-corrected chi connectivity index (χ2v) is 6.56. The number of hydrogen-bond acceptors (Lipinski definition) is 4. The molecule has 3 rings (SSSR count). The van der Waals surface area contributed by atoms with Gasteiger partial charge in [0.2, 0.25) is 0 Å². The fourth-order valence-corrected chi connectivity index (χ4v) is 2.98. The van der Waals surface area contributed by atoms with Crippen LogP contribution in [0.5, 0.6) is 5.75 Å². The molecule has 0 aliphatic rings. The van der Waals surface area contributed by atoms with E-state index in [1.165, 1.54) is 11.7 Å². The topological polar surface area (TPSA) is 61.9 Å². The van der Waals surface area contributed by atoms with Crippen molar-refractivity contribution in [3.05, 3.63) is 67.5 Å². The van der Waals surface area contributed by atoms with E-state index in [0.29, 0.717) is 16.3 Å². The highest BCUT2D eigenvalue weighted by Crippen LogP contribution is 2.27. The summed E-state index contributed by atoms with van der Waals surface area (Å²) >= 11 is 9.74. The maximum atomic E-state index is 12.1. The molecule has 0 amide bonds. The first-order valence-electron chi connectivity index (χ1n) is 7.13. The lowest BCUT2D eigenvalue weighted by Gasteiger charge is -2.13. The molecule has 0 saturated carbocycles. The highest BCUT2D eigenvalue weighted by Gasteiger charge is 2.14. The summed E-state index contributed by atoms with van der Waals surface area (Å²) in [5.74, 6) is 0.746. The molecule has 124 valence electrons. The van der Waals surface area contributed by atoms with Crippen LogP contribution in [0.3, 0.4) is 0 Å². The van der Waals surface area contributed by atoms with E-state index in [4.69, 9.17) is 16.3 Å². The molecule has 6 nitrogen and oxygen atoms in total. The molecule has 0 saturated heterocycles. The number of ether oxygens (including phenoxy) is 1. The molecule has 3 aromatic rings. The minimum atomic E-state index is -0.349. The summed E-state index contributed by atoms with van der Waals surface area (Å²) < 4.78 is 9.24. The minimum absolute atomic E-state index is 0.209. The monoisotopic (exact) mass is 408 g/mol. The van der Waals surface area contributed by atoms with Crippen LogP contribution in [0.2, 0.25) is 5.02 Å². The highest BCUT2D eigenvalue weighted by molar-refractivity contribution is 9.10. The zero-order chi connectivity index (χ0) is 17.3. The number of aryl methyl sites for hydroxylation is 2. The summed E-state index contributed by atoms with van der Waals surface area (Å²) in [6, 6.07) is 11.0. The number of nitrogens with zero attached hydrogens (tertiary/aromatic N) is 4. The standard InChI is InChI=1S/C16H14BrClN4O2/c1-10-8-11(17)6-7-15(10)24-9-12-13(18)4-3-5-14(12)22-16(23)21(2)19-20-22/h3-8H,9H2,1-2H3. The summed E-state index contributed by atoms with van der Waals surface area (Å²) in [5.41, 5.74) is 1.87. The van der Waals surface area contributed by atoms with Crippen molar-refractivity contribution >= 4 is 27.5 Å². The lowest BCUT2D eigenvalue weighted by atomic mass is 10.2. The first-order chi connectivity index (χ1) is 11.5. The van der Waals surface area contributed by atoms with Crippen LogP contribution in [-0.2, 0) is 13.7 Å². The predicted molar refractivity (Wildman–Crippen MR) is 94.8 cm³/mol. The molecule has 8 heteroatoms. The molecule has 1 aromatic heterocycles. The van der Waals surface area contributed by atoms with E-state index in [1.807, 2.05) is 25.1 Å². The van der Waals surface area contributed by atoms with Gasteiger partial charge in [0.25, 0.3) is 0 Å². The molecule has 2 aromatic carbocycles. The first kappa shape index (κ1) is 16.7. The first-order valence-corrected chi connectivity index (χ1v) is 8.30. The Hall–Kier alpha value is -2.12. The molecule has 0 fully saturated rings. The largest absolute Gasteiger partial charge is 0.488 e. The highest BCUT2D eigenvalue weighted by atomic mass is 79.9. The van der Waals surface area contributed by atoms with Crippen LogP contribution in [0.15, 0.2) is 45.7 Å². The van der Waals surface area contributed by atoms with Gasteiger partial charge in [0.15, 0.2) is 0 Å². The second-order valence-electron chi connectivity index (χ2n) is 5.23. The zero-order valence-electron chi connectivity index (χ0n) is 13.0. The predicted octanol–water partition coefficient (Wildman–Crippen LogP) is 3.27. The molecule has 0 bridgehead atoms. The molecular weight excluding hydrogens is 396 g/mol. The number of benzene rings is 2. The van der Waals surface area contributed by atoms with Gasteiger partial charge in [-0.15, -0.1) is 0 Å². The van der Waals surface area contributed by atoms with Gasteiger partial charge < -0.3 is 4.74 Å². The third-order valence-corrected chi connectivity index (χ3v) is 4.40. The van der Waals surface area contributed by atoms with Gasteiger partial charge in [0.1, 0.15) is 12.4 Å². The third kappa shape index (κ3) is 3.22. The average Bonchev–Trinajstić information content (AvgIpc) is 2.87. The summed E-state index contributed by atoms with van der Waals surface area (Å²) in [6.07, 6.45) is 0. The third-order valence-electron chi connectivity index (χ3n) is 3.55. The Morgan fingerprint density at radius 2 is 2.04 bits per heavy atom. The molecular formula is C16H14BrClN4O2. The number of halogens is 2. The van der Waals surface area contributed by atoms with Crippen LogP contribution in [0.1, 0.15) is 11.1 Å². The van der Waals surface area contributed by atoms with Gasteiger partial charge in [0, 0.05) is 22.1 Å². The maximum absolute atomic E-state index is 12.1. The summed E-state index contributed by atoms with van der Waals surface area (Å²) in [7, 11) is 1.54. The fourth-order valence-electron chi connectivity index (χ4n) is 2.28. The normalized spacial score (nSPS) is 10.8. The minimum Gasteiger partial charge on any atom is -0.488 e. The van der Waals surface area contributed by atoms with Crippen molar-refractivity contribution in [1.82, 2.24) is 19.8 Å². The Morgan fingerprint density at radius 3 is 2.71 bits per heavy atom. The Kier molecular flexibility index (Phi) is 4.73. The van der Waals surface area contributed by atoms with Crippen LogP contribution >= 0.6 is 27.5 Å². The molecule has 0 aliphatic heterocycles. The zero-order valence-corrected chi connectivity index (χ0v) is 15.4. The summed E-state index contributed by atoms with van der Waals surface area (Å²) in [5, 5.41) is 8.10. The molecule has 0 spiro atoms. The molecule has 24 heavy (non-hydrogen) atoms. The number of rotatable bonds is 4. The Labute approximate surface area is 151 Å². The number of aromatic nitrogens is 4. The summed E-state index contributed by atoms with van der Waals surface area (Å²) in [6.45, 7) is 2.17.